The van der Waals surface area contributed by atoms with Crippen LogP contribution in [-0.4, -0.2) is 17.2 Å². The largest absolute Gasteiger partial charge is 0.422 e. The number of nitrogens with zero attached hydrogens (tertiary/aromatic N) is 2. The highest BCUT2D eigenvalue weighted by molar-refractivity contribution is 6.08. The van der Waals surface area contributed by atoms with Crippen LogP contribution in [0.4, 0.5) is 17.1 Å². The van der Waals surface area contributed by atoms with E-state index in [2.05, 4.69) is 30.2 Å². The number of nitro benzene ring substituents is 1. The van der Waals surface area contributed by atoms with Gasteiger partial charge in [-0.1, -0.05) is 45.2 Å². The van der Waals surface area contributed by atoms with Gasteiger partial charge in [0.25, 0.3) is 5.69 Å². The molecule has 1 unspecified atom stereocenters. The quantitative estimate of drug-likeness (QED) is 0.267. The van der Waals surface area contributed by atoms with E-state index in [1.54, 1.807) is 12.1 Å². The van der Waals surface area contributed by atoms with Crippen LogP contribution in [0.2, 0.25) is 0 Å². The Kier molecular flexibility index (Phi) is 6.35. The second-order valence-electron chi connectivity index (χ2n) is 8.29. The third kappa shape index (κ3) is 4.56. The second-order valence-corrected chi connectivity index (χ2v) is 8.29. The third-order valence-corrected chi connectivity index (χ3v) is 6.12. The molecule has 1 aliphatic rings. The number of hydrogen-bond donors (Lipinski definition) is 1. The summed E-state index contributed by atoms with van der Waals surface area (Å²) >= 11 is 0. The summed E-state index contributed by atoms with van der Waals surface area (Å²) in [5.41, 5.74) is 3.24. The van der Waals surface area contributed by atoms with Crippen molar-refractivity contribution in [2.75, 3.05) is 11.9 Å². The average molecular weight is 434 g/mol. The van der Waals surface area contributed by atoms with Gasteiger partial charge in [-0.2, -0.15) is 0 Å². The van der Waals surface area contributed by atoms with Gasteiger partial charge < -0.3 is 9.73 Å². The van der Waals surface area contributed by atoms with E-state index in [1.807, 2.05) is 12.1 Å². The number of nitrogens with one attached hydrogen (secondary N) is 1. The van der Waals surface area contributed by atoms with E-state index in [9.17, 15) is 14.9 Å². The van der Waals surface area contributed by atoms with Crippen LogP contribution < -0.4 is 10.9 Å². The van der Waals surface area contributed by atoms with Gasteiger partial charge in [-0.05, 0) is 42.5 Å². The van der Waals surface area contributed by atoms with E-state index in [1.165, 1.54) is 37.0 Å². The Labute approximate surface area is 186 Å². The minimum Gasteiger partial charge on any atom is -0.422 e. The van der Waals surface area contributed by atoms with Gasteiger partial charge in [-0.15, -0.1) is 0 Å². The standard InChI is InChI=1S/C25H27N3O4/c1-3-5-16(4-2)6-7-17-8-9-18-13-20(25(29)32-24(18)12-17)23-15-26-21-11-10-19(28(30)31)14-22(21)27-23/h8-14,16,26H,3-7,15H2,1-2H3. The molecule has 2 heterocycles. The maximum Gasteiger partial charge on any atom is 0.345 e. The molecule has 0 aliphatic carbocycles. The summed E-state index contributed by atoms with van der Waals surface area (Å²) < 4.78 is 5.64. The Morgan fingerprint density at radius 3 is 2.75 bits per heavy atom. The molecule has 7 nitrogen and oxygen atoms in total. The molecule has 1 aromatic heterocycles. The van der Waals surface area contributed by atoms with Crippen molar-refractivity contribution in [2.24, 2.45) is 10.9 Å². The van der Waals surface area contributed by atoms with Gasteiger partial charge in [0.2, 0.25) is 0 Å². The Morgan fingerprint density at radius 1 is 1.16 bits per heavy atom. The number of fused-ring (bicyclic) bond motifs is 2. The Hall–Kier alpha value is -3.48. The molecule has 0 bridgehead atoms. The predicted octanol–water partition coefficient (Wildman–Crippen LogP) is 6.01. The van der Waals surface area contributed by atoms with Crippen LogP contribution in [0.25, 0.3) is 11.0 Å². The molecule has 0 amide bonds. The van der Waals surface area contributed by atoms with E-state index < -0.39 is 10.5 Å². The zero-order valence-electron chi connectivity index (χ0n) is 18.4. The fourth-order valence-corrected chi connectivity index (χ4v) is 4.24. The molecule has 0 saturated carbocycles. The summed E-state index contributed by atoms with van der Waals surface area (Å²) in [7, 11) is 0. The first-order valence-electron chi connectivity index (χ1n) is 11.2. The van der Waals surface area contributed by atoms with Crippen molar-refractivity contribution < 1.29 is 9.34 Å². The molecule has 7 heteroatoms. The van der Waals surface area contributed by atoms with Crippen LogP contribution in [0, 0.1) is 16.0 Å². The fourth-order valence-electron chi connectivity index (χ4n) is 4.24. The second kappa shape index (κ2) is 9.34. The molecule has 0 radical (unpaired) electrons. The monoisotopic (exact) mass is 433 g/mol. The lowest BCUT2D eigenvalue weighted by molar-refractivity contribution is -0.384. The van der Waals surface area contributed by atoms with Crippen LogP contribution in [0.5, 0.6) is 0 Å². The first-order valence-corrected chi connectivity index (χ1v) is 11.2. The summed E-state index contributed by atoms with van der Waals surface area (Å²) in [5.74, 6) is 0.723. The summed E-state index contributed by atoms with van der Waals surface area (Å²) in [5, 5.41) is 15.1. The van der Waals surface area contributed by atoms with Crippen molar-refractivity contribution in [1.82, 2.24) is 0 Å². The van der Waals surface area contributed by atoms with Crippen LogP contribution in [0.3, 0.4) is 0 Å². The average Bonchev–Trinajstić information content (AvgIpc) is 2.80. The Balaban J connectivity index is 1.62. The fraction of sp³-hybridized carbons (Fsp3) is 0.360. The van der Waals surface area contributed by atoms with Gasteiger partial charge in [0.05, 0.1) is 34.1 Å². The van der Waals surface area contributed by atoms with E-state index in [0.717, 1.165) is 24.1 Å². The van der Waals surface area contributed by atoms with Gasteiger partial charge in [0.15, 0.2) is 0 Å². The molecule has 1 aliphatic heterocycles. The molecule has 0 saturated heterocycles. The number of anilines is 1. The van der Waals surface area contributed by atoms with Gasteiger partial charge in [-0.25, -0.2) is 9.79 Å². The van der Waals surface area contributed by atoms with Crippen molar-refractivity contribution in [2.45, 2.75) is 46.0 Å². The predicted molar refractivity (Wildman–Crippen MR) is 127 cm³/mol. The van der Waals surface area contributed by atoms with Gasteiger partial charge in [-0.3, -0.25) is 10.1 Å². The molecule has 32 heavy (non-hydrogen) atoms. The van der Waals surface area contributed by atoms with Crippen LogP contribution >= 0.6 is 0 Å². The Bertz CT molecular complexity index is 1250. The number of benzene rings is 2. The molecule has 2 aromatic carbocycles. The topological polar surface area (TPSA) is 97.7 Å². The maximum atomic E-state index is 12.7. The molecular weight excluding hydrogens is 406 g/mol. The van der Waals surface area contributed by atoms with Crippen LogP contribution in [0.1, 0.15) is 50.7 Å². The highest BCUT2D eigenvalue weighted by Gasteiger charge is 2.19. The Morgan fingerprint density at radius 2 is 2.00 bits per heavy atom. The zero-order chi connectivity index (χ0) is 22.7. The molecular formula is C25H27N3O4. The van der Waals surface area contributed by atoms with Gasteiger partial charge >= 0.3 is 5.63 Å². The lowest BCUT2D eigenvalue weighted by atomic mass is 9.93. The van der Waals surface area contributed by atoms with E-state index in [-0.39, 0.29) is 5.69 Å². The smallest absolute Gasteiger partial charge is 0.345 e. The van der Waals surface area contributed by atoms with Crippen LogP contribution in [-0.2, 0) is 6.42 Å². The van der Waals surface area contributed by atoms with E-state index >= 15 is 0 Å². The summed E-state index contributed by atoms with van der Waals surface area (Å²) in [6.45, 7) is 4.80. The van der Waals surface area contributed by atoms with Gasteiger partial charge in [0.1, 0.15) is 5.58 Å². The van der Waals surface area contributed by atoms with Crippen molar-refractivity contribution in [1.29, 1.82) is 0 Å². The summed E-state index contributed by atoms with van der Waals surface area (Å²) in [6, 6.07) is 12.3. The number of nitro groups is 1. The molecule has 0 spiro atoms. The number of hydrogen-bond acceptors (Lipinski definition) is 6. The number of aliphatic imine (C=N–C) groups is 1. The third-order valence-electron chi connectivity index (χ3n) is 6.12. The zero-order valence-corrected chi connectivity index (χ0v) is 18.4. The molecule has 0 fully saturated rings. The normalized spacial score (nSPS) is 13.9. The molecule has 4 rings (SSSR count). The summed E-state index contributed by atoms with van der Waals surface area (Å²) in [6.07, 6.45) is 5.72. The SMILES string of the molecule is CCCC(CC)CCc1ccc2cc(C3=Nc4cc([N+](=O)[O-])ccc4NC3)c(=O)oc2c1. The van der Waals surface area contributed by atoms with Crippen molar-refractivity contribution in [3.05, 3.63) is 74.1 Å². The number of rotatable bonds is 8. The van der Waals surface area contributed by atoms with Crippen LogP contribution in [0.15, 0.2) is 56.7 Å². The first kappa shape index (κ1) is 21.7. The minimum atomic E-state index is -0.461. The number of aryl methyl sites for hydroxylation is 1. The maximum absolute atomic E-state index is 12.7. The minimum absolute atomic E-state index is 0.0436. The highest BCUT2D eigenvalue weighted by atomic mass is 16.6. The van der Waals surface area contributed by atoms with E-state index in [4.69, 9.17) is 4.42 Å². The van der Waals surface area contributed by atoms with Gasteiger partial charge in [0, 0.05) is 17.5 Å². The van der Waals surface area contributed by atoms with Crippen molar-refractivity contribution >= 4 is 33.7 Å². The summed E-state index contributed by atoms with van der Waals surface area (Å²) in [4.78, 5) is 27.9. The van der Waals surface area contributed by atoms with Crippen molar-refractivity contribution in [3.8, 4) is 0 Å². The lowest BCUT2D eigenvalue weighted by Crippen LogP contribution is -2.24. The lowest BCUT2D eigenvalue weighted by Gasteiger charge is -2.17. The molecule has 1 N–H and O–H groups in total. The van der Waals surface area contributed by atoms with E-state index in [0.29, 0.717) is 34.8 Å². The molecule has 1 atom stereocenters. The first-order chi connectivity index (χ1) is 15.5. The highest BCUT2D eigenvalue weighted by Crippen LogP contribution is 2.32. The number of non-ortho nitro benzene ring substituents is 1. The molecule has 3 aromatic rings. The van der Waals surface area contributed by atoms with Crippen molar-refractivity contribution in [3.63, 3.8) is 0 Å². The molecule has 166 valence electrons.